The zero-order valence-corrected chi connectivity index (χ0v) is 12.9. The molecule has 110 valence electrons. The molecule has 0 spiro atoms. The SMILES string of the molecule is CCOC(=O)CN(C(=O)c1cnc(C)cc1Cl)C(C)C. The van der Waals surface area contributed by atoms with Gasteiger partial charge in [0.05, 0.1) is 17.2 Å². The van der Waals surface area contributed by atoms with Crippen molar-refractivity contribution in [3.05, 3.63) is 28.5 Å². The number of carbonyl (C=O) groups is 2. The molecule has 0 aromatic carbocycles. The van der Waals surface area contributed by atoms with Crippen molar-refractivity contribution in [2.45, 2.75) is 33.7 Å². The second-order valence-corrected chi connectivity index (χ2v) is 5.04. The van der Waals surface area contributed by atoms with Crippen LogP contribution in [-0.4, -0.2) is 41.0 Å². The van der Waals surface area contributed by atoms with Crippen LogP contribution in [0.4, 0.5) is 0 Å². The topological polar surface area (TPSA) is 59.5 Å². The van der Waals surface area contributed by atoms with Gasteiger partial charge in [-0.1, -0.05) is 11.6 Å². The Morgan fingerprint density at radius 1 is 1.45 bits per heavy atom. The van der Waals surface area contributed by atoms with E-state index in [0.29, 0.717) is 5.02 Å². The Bertz CT molecular complexity index is 503. The molecule has 0 fully saturated rings. The molecule has 1 rings (SSSR count). The number of pyridine rings is 1. The zero-order chi connectivity index (χ0) is 15.3. The van der Waals surface area contributed by atoms with E-state index < -0.39 is 5.97 Å². The van der Waals surface area contributed by atoms with Crippen LogP contribution in [0.2, 0.25) is 5.02 Å². The van der Waals surface area contributed by atoms with Crippen molar-refractivity contribution in [2.24, 2.45) is 0 Å². The number of nitrogens with zero attached hydrogens (tertiary/aromatic N) is 2. The van der Waals surface area contributed by atoms with Gasteiger partial charge in [-0.3, -0.25) is 14.6 Å². The summed E-state index contributed by atoms with van der Waals surface area (Å²) in [4.78, 5) is 29.5. The molecule has 20 heavy (non-hydrogen) atoms. The van der Waals surface area contributed by atoms with E-state index in [1.807, 2.05) is 13.8 Å². The molecule has 1 aromatic rings. The number of halogens is 1. The van der Waals surface area contributed by atoms with Crippen LogP contribution in [0.15, 0.2) is 12.3 Å². The first kappa shape index (κ1) is 16.4. The highest BCUT2D eigenvalue weighted by Crippen LogP contribution is 2.18. The number of aryl methyl sites for hydroxylation is 1. The molecule has 0 atom stereocenters. The molecule has 0 N–H and O–H groups in total. The van der Waals surface area contributed by atoms with Crippen LogP contribution in [0.25, 0.3) is 0 Å². The number of aromatic nitrogens is 1. The van der Waals surface area contributed by atoms with Gasteiger partial charge in [-0.15, -0.1) is 0 Å². The zero-order valence-electron chi connectivity index (χ0n) is 12.1. The van der Waals surface area contributed by atoms with Gasteiger partial charge in [0, 0.05) is 17.9 Å². The summed E-state index contributed by atoms with van der Waals surface area (Å²) in [6, 6.07) is 1.47. The van der Waals surface area contributed by atoms with Crippen LogP contribution in [0.5, 0.6) is 0 Å². The van der Waals surface area contributed by atoms with Crippen molar-refractivity contribution in [1.82, 2.24) is 9.88 Å². The first-order chi connectivity index (χ1) is 9.36. The van der Waals surface area contributed by atoms with Crippen LogP contribution in [0.1, 0.15) is 36.8 Å². The van der Waals surface area contributed by atoms with Gasteiger partial charge in [0.15, 0.2) is 0 Å². The van der Waals surface area contributed by atoms with E-state index in [0.717, 1.165) is 5.69 Å². The summed E-state index contributed by atoms with van der Waals surface area (Å²) < 4.78 is 4.88. The van der Waals surface area contributed by atoms with Gasteiger partial charge >= 0.3 is 5.97 Å². The van der Waals surface area contributed by atoms with E-state index in [2.05, 4.69) is 4.98 Å². The second kappa shape index (κ2) is 7.24. The standard InChI is InChI=1S/C14H19ClN2O3/c1-5-20-13(18)8-17(9(2)3)14(19)11-7-16-10(4)6-12(11)15/h6-7,9H,5,8H2,1-4H3. The average molecular weight is 299 g/mol. The van der Waals surface area contributed by atoms with Crippen LogP contribution in [-0.2, 0) is 9.53 Å². The van der Waals surface area contributed by atoms with Gasteiger partial charge in [-0.2, -0.15) is 0 Å². The molecule has 0 saturated carbocycles. The Balaban J connectivity index is 2.96. The third kappa shape index (κ3) is 4.20. The lowest BCUT2D eigenvalue weighted by atomic mass is 10.2. The van der Waals surface area contributed by atoms with E-state index in [4.69, 9.17) is 16.3 Å². The smallest absolute Gasteiger partial charge is 0.325 e. The number of ether oxygens (including phenoxy) is 1. The van der Waals surface area contributed by atoms with Crippen LogP contribution in [0, 0.1) is 6.92 Å². The number of hydrogen-bond acceptors (Lipinski definition) is 4. The predicted octanol–water partition coefficient (Wildman–Crippen LogP) is 2.46. The molecule has 0 aliphatic carbocycles. The summed E-state index contributed by atoms with van der Waals surface area (Å²) in [5, 5.41) is 0.331. The molecule has 5 nitrogen and oxygen atoms in total. The molecule has 1 heterocycles. The molecule has 0 aliphatic heterocycles. The normalized spacial score (nSPS) is 10.5. The Morgan fingerprint density at radius 3 is 2.60 bits per heavy atom. The maximum Gasteiger partial charge on any atom is 0.325 e. The van der Waals surface area contributed by atoms with E-state index >= 15 is 0 Å². The fourth-order valence-electron chi connectivity index (χ4n) is 1.67. The van der Waals surface area contributed by atoms with Crippen molar-refractivity contribution >= 4 is 23.5 Å². The molecule has 0 bridgehead atoms. The molecule has 0 saturated heterocycles. The molecule has 6 heteroatoms. The summed E-state index contributed by atoms with van der Waals surface area (Å²) in [6.45, 7) is 7.35. The minimum atomic E-state index is -0.439. The van der Waals surface area contributed by atoms with Crippen molar-refractivity contribution in [3.8, 4) is 0 Å². The largest absolute Gasteiger partial charge is 0.465 e. The number of carbonyl (C=O) groups excluding carboxylic acids is 2. The number of amides is 1. The third-order valence-corrected chi connectivity index (χ3v) is 3.02. The van der Waals surface area contributed by atoms with Crippen LogP contribution < -0.4 is 0 Å². The average Bonchev–Trinajstić information content (AvgIpc) is 2.35. The van der Waals surface area contributed by atoms with Gasteiger partial charge in [0.2, 0.25) is 0 Å². The monoisotopic (exact) mass is 298 g/mol. The van der Waals surface area contributed by atoms with Crippen LogP contribution >= 0.6 is 11.6 Å². The number of esters is 1. The highest BCUT2D eigenvalue weighted by molar-refractivity contribution is 6.33. The highest BCUT2D eigenvalue weighted by atomic mass is 35.5. The first-order valence-electron chi connectivity index (χ1n) is 6.45. The lowest BCUT2D eigenvalue weighted by Crippen LogP contribution is -2.41. The minimum Gasteiger partial charge on any atom is -0.465 e. The third-order valence-electron chi connectivity index (χ3n) is 2.71. The Kier molecular flexibility index (Phi) is 5.95. The van der Waals surface area contributed by atoms with E-state index in [1.54, 1.807) is 19.9 Å². The van der Waals surface area contributed by atoms with Gasteiger partial charge in [0.25, 0.3) is 5.91 Å². The lowest BCUT2D eigenvalue weighted by molar-refractivity contribution is -0.144. The van der Waals surface area contributed by atoms with E-state index in [1.165, 1.54) is 11.1 Å². The van der Waals surface area contributed by atoms with Crippen molar-refractivity contribution in [3.63, 3.8) is 0 Å². The van der Waals surface area contributed by atoms with Crippen molar-refractivity contribution in [1.29, 1.82) is 0 Å². The molecule has 0 aliphatic rings. The molecular weight excluding hydrogens is 280 g/mol. The number of rotatable bonds is 5. The Hall–Kier alpha value is -1.62. The summed E-state index contributed by atoms with van der Waals surface area (Å²) in [5.41, 5.74) is 1.02. The second-order valence-electron chi connectivity index (χ2n) is 4.64. The quantitative estimate of drug-likeness (QED) is 0.784. The summed E-state index contributed by atoms with van der Waals surface area (Å²) in [7, 11) is 0. The van der Waals surface area contributed by atoms with E-state index in [-0.39, 0.29) is 30.7 Å². The summed E-state index contributed by atoms with van der Waals surface area (Å²) in [6.07, 6.45) is 1.43. The maximum absolute atomic E-state index is 12.5. The van der Waals surface area contributed by atoms with Crippen LogP contribution in [0.3, 0.4) is 0 Å². The highest BCUT2D eigenvalue weighted by Gasteiger charge is 2.24. The summed E-state index contributed by atoms with van der Waals surface area (Å²) in [5.74, 6) is -0.767. The van der Waals surface area contributed by atoms with Gasteiger partial charge in [0.1, 0.15) is 6.54 Å². The summed E-state index contributed by atoms with van der Waals surface area (Å²) >= 11 is 6.07. The van der Waals surface area contributed by atoms with Gasteiger partial charge < -0.3 is 9.64 Å². The van der Waals surface area contributed by atoms with E-state index in [9.17, 15) is 9.59 Å². The number of hydrogen-bond donors (Lipinski definition) is 0. The fourth-order valence-corrected chi connectivity index (χ4v) is 1.96. The fraction of sp³-hybridized carbons (Fsp3) is 0.500. The molecule has 1 aromatic heterocycles. The van der Waals surface area contributed by atoms with Gasteiger partial charge in [-0.25, -0.2) is 0 Å². The van der Waals surface area contributed by atoms with Crippen molar-refractivity contribution < 1.29 is 14.3 Å². The lowest BCUT2D eigenvalue weighted by Gasteiger charge is -2.26. The molecular formula is C14H19ClN2O3. The molecule has 0 radical (unpaired) electrons. The predicted molar refractivity (Wildman–Crippen MR) is 76.8 cm³/mol. The van der Waals surface area contributed by atoms with Crippen molar-refractivity contribution in [2.75, 3.05) is 13.2 Å². The first-order valence-corrected chi connectivity index (χ1v) is 6.83. The Morgan fingerprint density at radius 2 is 2.10 bits per heavy atom. The minimum absolute atomic E-state index is 0.103. The maximum atomic E-state index is 12.5. The Labute approximate surface area is 123 Å². The molecule has 1 amide bonds. The molecule has 0 unspecified atom stereocenters. The van der Waals surface area contributed by atoms with Gasteiger partial charge in [-0.05, 0) is 33.8 Å².